The number of nitrogens with one attached hydrogen (secondary N) is 1. The molecule has 0 bridgehead atoms. The third-order valence-electron chi connectivity index (χ3n) is 7.08. The molecule has 3 rings (SSSR count). The SMILES string of the molecule is CCC(C(=O)NC1CCCCC1)N(Cc1ccccc1Cl)C(=O)CCc1ccc(C(C)(C)C)cc1. The highest BCUT2D eigenvalue weighted by atomic mass is 35.5. The number of benzene rings is 2. The van der Waals surface area contributed by atoms with Crippen LogP contribution in [-0.2, 0) is 28.0 Å². The summed E-state index contributed by atoms with van der Waals surface area (Å²) in [7, 11) is 0. The molecule has 0 saturated heterocycles. The van der Waals surface area contributed by atoms with Gasteiger partial charge >= 0.3 is 0 Å². The van der Waals surface area contributed by atoms with Gasteiger partial charge in [-0.15, -0.1) is 0 Å². The quantitative estimate of drug-likeness (QED) is 0.413. The molecule has 0 heterocycles. The van der Waals surface area contributed by atoms with Crippen LogP contribution in [0, 0.1) is 0 Å². The van der Waals surface area contributed by atoms with Crippen molar-refractivity contribution in [2.45, 2.75) is 103 Å². The number of hydrogen-bond acceptors (Lipinski definition) is 2. The molecule has 0 spiro atoms. The summed E-state index contributed by atoms with van der Waals surface area (Å²) in [5.41, 5.74) is 3.36. The number of nitrogens with zero attached hydrogens (tertiary/aromatic N) is 1. The number of carbonyl (C=O) groups is 2. The molecule has 1 fully saturated rings. The minimum atomic E-state index is -0.510. The third-order valence-corrected chi connectivity index (χ3v) is 7.45. The Kier molecular flexibility index (Phi) is 9.80. The van der Waals surface area contributed by atoms with Crippen molar-refractivity contribution in [3.63, 3.8) is 0 Å². The lowest BCUT2D eigenvalue weighted by molar-refractivity contribution is -0.141. The number of halogens is 1. The van der Waals surface area contributed by atoms with Crippen molar-refractivity contribution in [1.29, 1.82) is 0 Å². The largest absolute Gasteiger partial charge is 0.352 e. The summed E-state index contributed by atoms with van der Waals surface area (Å²) >= 11 is 6.44. The maximum Gasteiger partial charge on any atom is 0.243 e. The van der Waals surface area contributed by atoms with Crippen LogP contribution in [-0.4, -0.2) is 28.8 Å². The van der Waals surface area contributed by atoms with E-state index in [0.717, 1.165) is 36.8 Å². The summed E-state index contributed by atoms with van der Waals surface area (Å²) in [5, 5.41) is 3.85. The maximum absolute atomic E-state index is 13.6. The van der Waals surface area contributed by atoms with Gasteiger partial charge in [-0.3, -0.25) is 9.59 Å². The maximum atomic E-state index is 13.6. The lowest BCUT2D eigenvalue weighted by atomic mass is 9.86. The first-order valence-electron chi connectivity index (χ1n) is 13.1. The highest BCUT2D eigenvalue weighted by molar-refractivity contribution is 6.31. The molecule has 2 aromatic carbocycles. The van der Waals surface area contributed by atoms with Crippen molar-refractivity contribution in [3.8, 4) is 0 Å². The second-order valence-electron chi connectivity index (χ2n) is 10.8. The van der Waals surface area contributed by atoms with E-state index >= 15 is 0 Å². The Bertz CT molecular complexity index is 975. The first kappa shape index (κ1) is 27.3. The van der Waals surface area contributed by atoms with Gasteiger partial charge in [0.2, 0.25) is 11.8 Å². The number of amides is 2. The summed E-state index contributed by atoms with van der Waals surface area (Å²) in [5.74, 6) is -0.0650. The summed E-state index contributed by atoms with van der Waals surface area (Å²) in [6.45, 7) is 8.89. The van der Waals surface area contributed by atoms with Crippen LogP contribution >= 0.6 is 11.6 Å². The average Bonchev–Trinajstić information content (AvgIpc) is 2.84. The molecule has 1 unspecified atom stereocenters. The Morgan fingerprint density at radius 3 is 2.29 bits per heavy atom. The van der Waals surface area contributed by atoms with Gasteiger partial charge in [-0.1, -0.05) is 101 Å². The van der Waals surface area contributed by atoms with Crippen LogP contribution in [0.4, 0.5) is 0 Å². The summed E-state index contributed by atoms with van der Waals surface area (Å²) < 4.78 is 0. The van der Waals surface area contributed by atoms with Crippen molar-refractivity contribution < 1.29 is 9.59 Å². The van der Waals surface area contributed by atoms with Gasteiger partial charge in [0.15, 0.2) is 0 Å². The van der Waals surface area contributed by atoms with Crippen LogP contribution in [0.1, 0.15) is 89.3 Å². The number of carbonyl (C=O) groups excluding carboxylic acids is 2. The highest BCUT2D eigenvalue weighted by Gasteiger charge is 2.30. The molecule has 4 nitrogen and oxygen atoms in total. The lowest BCUT2D eigenvalue weighted by Crippen LogP contribution is -2.51. The van der Waals surface area contributed by atoms with Gasteiger partial charge in [0.25, 0.3) is 0 Å². The van der Waals surface area contributed by atoms with Crippen LogP contribution in [0.15, 0.2) is 48.5 Å². The molecule has 1 N–H and O–H groups in total. The number of rotatable bonds is 9. The molecule has 190 valence electrons. The van der Waals surface area contributed by atoms with Crippen molar-refractivity contribution in [1.82, 2.24) is 10.2 Å². The monoisotopic (exact) mass is 496 g/mol. The topological polar surface area (TPSA) is 49.4 Å². The van der Waals surface area contributed by atoms with Crippen LogP contribution in [0.5, 0.6) is 0 Å². The molecule has 35 heavy (non-hydrogen) atoms. The lowest BCUT2D eigenvalue weighted by Gasteiger charge is -2.33. The Hall–Kier alpha value is -2.33. The van der Waals surface area contributed by atoms with E-state index in [1.165, 1.54) is 12.0 Å². The van der Waals surface area contributed by atoms with Gasteiger partial charge in [0, 0.05) is 24.0 Å². The molecule has 0 radical (unpaired) electrons. The van der Waals surface area contributed by atoms with Crippen molar-refractivity contribution >= 4 is 23.4 Å². The predicted octanol–water partition coefficient (Wildman–Crippen LogP) is 6.83. The molecule has 1 aliphatic carbocycles. The van der Waals surface area contributed by atoms with Crippen LogP contribution in [0.25, 0.3) is 0 Å². The van der Waals surface area contributed by atoms with Gasteiger partial charge in [0.05, 0.1) is 0 Å². The molecule has 0 aromatic heterocycles. The summed E-state index contributed by atoms with van der Waals surface area (Å²) in [6.07, 6.45) is 7.13. The first-order chi connectivity index (χ1) is 16.7. The predicted molar refractivity (Wildman–Crippen MR) is 145 cm³/mol. The van der Waals surface area contributed by atoms with E-state index in [1.807, 2.05) is 31.2 Å². The third kappa shape index (κ3) is 7.83. The van der Waals surface area contributed by atoms with E-state index < -0.39 is 6.04 Å². The van der Waals surface area contributed by atoms with Crippen LogP contribution in [0.3, 0.4) is 0 Å². The van der Waals surface area contributed by atoms with E-state index in [2.05, 4.69) is 50.4 Å². The molecule has 0 aliphatic heterocycles. The molecule has 2 amide bonds. The van der Waals surface area contributed by atoms with Gasteiger partial charge < -0.3 is 10.2 Å². The molecule has 1 atom stereocenters. The van der Waals surface area contributed by atoms with Gasteiger partial charge in [-0.2, -0.15) is 0 Å². The molecule has 2 aromatic rings. The van der Waals surface area contributed by atoms with E-state index in [4.69, 9.17) is 11.6 Å². The smallest absolute Gasteiger partial charge is 0.243 e. The van der Waals surface area contributed by atoms with Gasteiger partial charge in [-0.05, 0) is 53.9 Å². The molecule has 1 saturated carbocycles. The molecular weight excluding hydrogens is 456 g/mol. The molecular formula is C30H41ClN2O2. The zero-order valence-electron chi connectivity index (χ0n) is 21.8. The van der Waals surface area contributed by atoms with E-state index in [9.17, 15) is 9.59 Å². The Morgan fingerprint density at radius 1 is 1.03 bits per heavy atom. The zero-order chi connectivity index (χ0) is 25.4. The normalized spacial score (nSPS) is 15.5. The minimum Gasteiger partial charge on any atom is -0.352 e. The highest BCUT2D eigenvalue weighted by Crippen LogP contribution is 2.24. The van der Waals surface area contributed by atoms with Crippen molar-refractivity contribution in [2.24, 2.45) is 0 Å². The second kappa shape index (κ2) is 12.6. The van der Waals surface area contributed by atoms with Crippen molar-refractivity contribution in [3.05, 3.63) is 70.2 Å². The second-order valence-corrected chi connectivity index (χ2v) is 11.2. The van der Waals surface area contributed by atoms with E-state index in [-0.39, 0.29) is 23.3 Å². The standard InChI is InChI=1S/C30H41ClN2O2/c1-5-27(29(35)32-25-12-7-6-8-13-25)33(21-23-11-9-10-14-26(23)31)28(34)20-17-22-15-18-24(19-16-22)30(2,3)4/h9-11,14-16,18-19,25,27H,5-8,12-13,17,20-21H2,1-4H3,(H,32,35). The van der Waals surface area contributed by atoms with E-state index in [1.54, 1.807) is 4.90 Å². The minimum absolute atomic E-state index is 0.0181. The van der Waals surface area contributed by atoms with Crippen LogP contribution < -0.4 is 5.32 Å². The Balaban J connectivity index is 1.75. The summed E-state index contributed by atoms with van der Waals surface area (Å²) in [4.78, 5) is 28.6. The fourth-order valence-corrected chi connectivity index (χ4v) is 5.04. The van der Waals surface area contributed by atoms with E-state index in [0.29, 0.717) is 30.8 Å². The Morgan fingerprint density at radius 2 is 1.69 bits per heavy atom. The fraction of sp³-hybridized carbons (Fsp3) is 0.533. The molecule has 5 heteroatoms. The van der Waals surface area contributed by atoms with Crippen molar-refractivity contribution in [2.75, 3.05) is 0 Å². The fourth-order valence-electron chi connectivity index (χ4n) is 4.84. The summed E-state index contributed by atoms with van der Waals surface area (Å²) in [6, 6.07) is 15.8. The zero-order valence-corrected chi connectivity index (χ0v) is 22.5. The Labute approximate surface area is 216 Å². The molecule has 1 aliphatic rings. The van der Waals surface area contributed by atoms with Crippen LogP contribution in [0.2, 0.25) is 5.02 Å². The number of hydrogen-bond donors (Lipinski definition) is 1. The average molecular weight is 497 g/mol. The number of aryl methyl sites for hydroxylation is 1. The van der Waals surface area contributed by atoms with Gasteiger partial charge in [0.1, 0.15) is 6.04 Å². The first-order valence-corrected chi connectivity index (χ1v) is 13.5. The van der Waals surface area contributed by atoms with Gasteiger partial charge in [-0.25, -0.2) is 0 Å².